The molecule has 0 bridgehead atoms. The molecule has 8 heavy (non-hydrogen) atoms. The fourth-order valence-corrected chi connectivity index (χ4v) is 0.809. The van der Waals surface area contributed by atoms with E-state index in [9.17, 15) is 0 Å². The van der Waals surface area contributed by atoms with Gasteiger partial charge in [0.15, 0.2) is 5.75 Å². The molecule has 0 fully saturated rings. The lowest BCUT2D eigenvalue weighted by Gasteiger charge is -1.87. The van der Waals surface area contributed by atoms with Gasteiger partial charge < -0.3 is 9.82 Å². The SMILES string of the molecule is c1cc2c([nH]1)CNO2. The maximum Gasteiger partial charge on any atom is 0.169 e. The maximum atomic E-state index is 4.96. The van der Waals surface area contributed by atoms with E-state index < -0.39 is 0 Å². The quantitative estimate of drug-likeness (QED) is 0.507. The molecule has 0 radical (unpaired) electrons. The number of aromatic nitrogens is 1. The Bertz CT molecular complexity index is 176. The number of hydrogen-bond acceptors (Lipinski definition) is 2. The van der Waals surface area contributed by atoms with Crippen molar-refractivity contribution in [1.82, 2.24) is 10.5 Å². The van der Waals surface area contributed by atoms with Crippen LogP contribution in [-0.4, -0.2) is 4.98 Å². The Morgan fingerprint density at radius 2 is 2.62 bits per heavy atom. The molecule has 1 aliphatic heterocycles. The average molecular weight is 110 g/mol. The van der Waals surface area contributed by atoms with Gasteiger partial charge in [0.2, 0.25) is 0 Å². The molecule has 2 N–H and O–H groups in total. The summed E-state index contributed by atoms with van der Waals surface area (Å²) in [4.78, 5) is 7.99. The zero-order valence-electron chi connectivity index (χ0n) is 4.27. The number of nitrogens with one attached hydrogen (secondary N) is 2. The number of fused-ring (bicyclic) bond motifs is 1. The molecular weight excluding hydrogens is 104 g/mol. The van der Waals surface area contributed by atoms with E-state index in [1.165, 1.54) is 0 Å². The molecule has 0 aliphatic carbocycles. The molecule has 0 saturated heterocycles. The zero-order valence-corrected chi connectivity index (χ0v) is 4.27. The van der Waals surface area contributed by atoms with Crippen LogP contribution < -0.4 is 10.3 Å². The Morgan fingerprint density at radius 3 is 3.50 bits per heavy atom. The number of aromatic amines is 1. The third kappa shape index (κ3) is 0.364. The van der Waals surface area contributed by atoms with E-state index in [2.05, 4.69) is 10.5 Å². The van der Waals surface area contributed by atoms with Crippen LogP contribution in [-0.2, 0) is 6.54 Å². The smallest absolute Gasteiger partial charge is 0.169 e. The average Bonchev–Trinajstić information content (AvgIpc) is 2.15. The summed E-state index contributed by atoms with van der Waals surface area (Å²) >= 11 is 0. The fourth-order valence-electron chi connectivity index (χ4n) is 0.809. The van der Waals surface area contributed by atoms with Crippen molar-refractivity contribution >= 4 is 0 Å². The molecule has 0 amide bonds. The highest BCUT2D eigenvalue weighted by Crippen LogP contribution is 2.19. The normalized spacial score (nSPS) is 15.5. The molecule has 1 aromatic heterocycles. The molecule has 0 saturated carbocycles. The van der Waals surface area contributed by atoms with Crippen LogP contribution in [0.1, 0.15) is 5.69 Å². The van der Waals surface area contributed by atoms with Gasteiger partial charge in [0.25, 0.3) is 0 Å². The van der Waals surface area contributed by atoms with Crippen molar-refractivity contribution in [1.29, 1.82) is 0 Å². The first-order chi connectivity index (χ1) is 3.97. The van der Waals surface area contributed by atoms with Crippen LogP contribution in [0.3, 0.4) is 0 Å². The van der Waals surface area contributed by atoms with Crippen molar-refractivity contribution in [2.45, 2.75) is 6.54 Å². The number of H-pyrrole nitrogens is 1. The number of rotatable bonds is 0. The second-order valence-corrected chi connectivity index (χ2v) is 1.74. The zero-order chi connectivity index (χ0) is 5.40. The molecule has 1 aliphatic rings. The highest BCUT2D eigenvalue weighted by Gasteiger charge is 2.10. The van der Waals surface area contributed by atoms with Crippen LogP contribution in [0.25, 0.3) is 0 Å². The molecule has 3 heteroatoms. The summed E-state index contributed by atoms with van der Waals surface area (Å²) in [6.45, 7) is 0.794. The summed E-state index contributed by atoms with van der Waals surface area (Å²) < 4.78 is 0. The third-order valence-electron chi connectivity index (χ3n) is 1.22. The molecule has 0 spiro atoms. The lowest BCUT2D eigenvalue weighted by molar-refractivity contribution is 0.224. The Hall–Kier alpha value is -0.960. The molecule has 42 valence electrons. The Balaban J connectivity index is 2.54. The van der Waals surface area contributed by atoms with E-state index in [0.29, 0.717) is 0 Å². The second kappa shape index (κ2) is 1.26. The van der Waals surface area contributed by atoms with E-state index in [0.717, 1.165) is 18.0 Å². The van der Waals surface area contributed by atoms with Crippen molar-refractivity contribution in [3.05, 3.63) is 18.0 Å². The third-order valence-corrected chi connectivity index (χ3v) is 1.22. The predicted octanol–water partition coefficient (Wildman–Crippen LogP) is 0.412. The Kier molecular flexibility index (Phi) is 0.625. The van der Waals surface area contributed by atoms with Crippen LogP contribution in [0.4, 0.5) is 0 Å². The van der Waals surface area contributed by atoms with Crippen LogP contribution in [0.2, 0.25) is 0 Å². The largest absolute Gasteiger partial charge is 0.406 e. The van der Waals surface area contributed by atoms with E-state index in [1.54, 1.807) is 0 Å². The van der Waals surface area contributed by atoms with Crippen LogP contribution in [0, 0.1) is 0 Å². The first-order valence-electron chi connectivity index (χ1n) is 2.53. The lowest BCUT2D eigenvalue weighted by atomic mass is 10.4. The highest BCUT2D eigenvalue weighted by molar-refractivity contribution is 5.29. The fraction of sp³-hybridized carbons (Fsp3) is 0.200. The van der Waals surface area contributed by atoms with Gasteiger partial charge in [0, 0.05) is 12.3 Å². The molecule has 0 atom stereocenters. The Morgan fingerprint density at radius 1 is 1.62 bits per heavy atom. The molecule has 3 nitrogen and oxygen atoms in total. The predicted molar refractivity (Wildman–Crippen MR) is 28.3 cm³/mol. The molecular formula is C5H6N2O. The summed E-state index contributed by atoms with van der Waals surface area (Å²) in [7, 11) is 0. The van der Waals surface area contributed by atoms with Crippen molar-refractivity contribution in [3.63, 3.8) is 0 Å². The van der Waals surface area contributed by atoms with Gasteiger partial charge in [-0.25, -0.2) is 0 Å². The Labute approximate surface area is 46.6 Å². The highest BCUT2D eigenvalue weighted by atomic mass is 16.7. The van der Waals surface area contributed by atoms with Crippen LogP contribution in [0.5, 0.6) is 5.75 Å². The van der Waals surface area contributed by atoms with E-state index in [4.69, 9.17) is 4.84 Å². The van der Waals surface area contributed by atoms with Crippen molar-refractivity contribution < 1.29 is 4.84 Å². The van der Waals surface area contributed by atoms with Gasteiger partial charge in [-0.1, -0.05) is 0 Å². The van der Waals surface area contributed by atoms with Crippen LogP contribution in [0.15, 0.2) is 12.3 Å². The van der Waals surface area contributed by atoms with Crippen molar-refractivity contribution in [3.8, 4) is 5.75 Å². The summed E-state index contributed by atoms with van der Waals surface area (Å²) in [5, 5.41) is 0. The monoisotopic (exact) mass is 110 g/mol. The lowest BCUT2D eigenvalue weighted by Crippen LogP contribution is -2.08. The van der Waals surface area contributed by atoms with Crippen molar-refractivity contribution in [2.24, 2.45) is 0 Å². The molecule has 0 unspecified atom stereocenters. The van der Waals surface area contributed by atoms with Crippen LogP contribution >= 0.6 is 0 Å². The molecule has 2 heterocycles. The minimum absolute atomic E-state index is 0.794. The molecule has 2 rings (SSSR count). The van der Waals surface area contributed by atoms with Gasteiger partial charge >= 0.3 is 0 Å². The van der Waals surface area contributed by atoms with Gasteiger partial charge in [-0.3, -0.25) is 0 Å². The van der Waals surface area contributed by atoms with Gasteiger partial charge in [0.1, 0.15) is 0 Å². The molecule has 0 aromatic carbocycles. The summed E-state index contributed by atoms with van der Waals surface area (Å²) in [5.74, 6) is 0.921. The van der Waals surface area contributed by atoms with Gasteiger partial charge in [-0.15, -0.1) is 0 Å². The summed E-state index contributed by atoms with van der Waals surface area (Å²) in [6.07, 6.45) is 1.87. The van der Waals surface area contributed by atoms with E-state index in [1.807, 2.05) is 12.3 Å². The van der Waals surface area contributed by atoms with E-state index >= 15 is 0 Å². The topological polar surface area (TPSA) is 37.0 Å². The van der Waals surface area contributed by atoms with Gasteiger partial charge in [0.05, 0.1) is 12.2 Å². The standard InChI is InChI=1S/C5H6N2O/c1-2-6-4-3-7-8-5(1)4/h1-2,6-7H,3H2. The summed E-state index contributed by atoms with van der Waals surface area (Å²) in [5.41, 5.74) is 3.87. The minimum Gasteiger partial charge on any atom is -0.406 e. The van der Waals surface area contributed by atoms with E-state index in [-0.39, 0.29) is 0 Å². The van der Waals surface area contributed by atoms with Crippen molar-refractivity contribution in [2.75, 3.05) is 0 Å². The molecule has 1 aromatic rings. The number of hydroxylamine groups is 1. The second-order valence-electron chi connectivity index (χ2n) is 1.74. The number of hydrogen-bond donors (Lipinski definition) is 2. The maximum absolute atomic E-state index is 4.96. The van der Waals surface area contributed by atoms with Gasteiger partial charge in [-0.2, -0.15) is 5.48 Å². The summed E-state index contributed by atoms with van der Waals surface area (Å²) in [6, 6.07) is 1.90. The minimum atomic E-state index is 0.794. The van der Waals surface area contributed by atoms with Gasteiger partial charge in [-0.05, 0) is 0 Å². The first kappa shape index (κ1) is 3.97. The first-order valence-corrected chi connectivity index (χ1v) is 2.53.